The number of imidazole rings is 1. The highest BCUT2D eigenvalue weighted by Crippen LogP contribution is 2.23. The summed E-state index contributed by atoms with van der Waals surface area (Å²) < 4.78 is 34.1. The number of sulfonamides is 1. The number of fused-ring (bicyclic) bond motifs is 1. The molecule has 0 atom stereocenters. The quantitative estimate of drug-likeness (QED) is 0.488. The Morgan fingerprint density at radius 1 is 1.21 bits per heavy atom. The van der Waals surface area contributed by atoms with Crippen LogP contribution in [0.25, 0.3) is 11.0 Å². The molecule has 1 amide bonds. The minimum absolute atomic E-state index is 0.0674. The Kier molecular flexibility index (Phi) is 7.68. The number of ether oxygens (including phenoxy) is 1. The third-order valence-electron chi connectivity index (χ3n) is 5.28. The fraction of sp³-hybridized carbons (Fsp3) is 0.348. The van der Waals surface area contributed by atoms with Gasteiger partial charge in [-0.15, -0.1) is 0 Å². The van der Waals surface area contributed by atoms with E-state index in [2.05, 4.69) is 10.3 Å². The molecule has 0 bridgehead atoms. The lowest BCUT2D eigenvalue weighted by Gasteiger charge is -2.18. The third-order valence-corrected chi connectivity index (χ3v) is 7.33. The molecule has 0 saturated carbocycles. The number of hydrogen-bond acceptors (Lipinski definition) is 6. The summed E-state index contributed by atoms with van der Waals surface area (Å²) in [6, 6.07) is 13.7. The largest absolute Gasteiger partial charge is 0.479 e. The number of carbonyl (C=O) groups is 1. The number of rotatable bonds is 10. The van der Waals surface area contributed by atoms with Crippen LogP contribution in [-0.4, -0.2) is 47.9 Å². The monoisotopic (exact) mass is 469 g/mol. The molecule has 1 aromatic heterocycles. The second-order valence-electron chi connectivity index (χ2n) is 7.35. The van der Waals surface area contributed by atoms with Gasteiger partial charge in [0.25, 0.3) is 0 Å². The molecule has 0 spiro atoms. The van der Waals surface area contributed by atoms with Crippen LogP contribution in [0.1, 0.15) is 26.1 Å². The van der Waals surface area contributed by atoms with Crippen LogP contribution in [0.15, 0.2) is 47.4 Å². The molecule has 0 aliphatic rings. The van der Waals surface area contributed by atoms with Crippen molar-refractivity contribution in [2.75, 3.05) is 25.0 Å². The zero-order chi connectivity index (χ0) is 24.0. The summed E-state index contributed by atoms with van der Waals surface area (Å²) >= 11 is 0. The lowest BCUT2D eigenvalue weighted by atomic mass is 10.2. The first-order chi connectivity index (χ1) is 15.8. The lowest BCUT2D eigenvalue weighted by molar-refractivity contribution is -0.116. The van der Waals surface area contributed by atoms with Gasteiger partial charge < -0.3 is 14.6 Å². The van der Waals surface area contributed by atoms with Gasteiger partial charge in [0.2, 0.25) is 15.9 Å². The number of hydrogen-bond donors (Lipinski definition) is 1. The molecule has 0 saturated heterocycles. The third kappa shape index (κ3) is 5.50. The minimum Gasteiger partial charge on any atom is -0.479 e. The van der Waals surface area contributed by atoms with Crippen molar-refractivity contribution in [3.8, 4) is 11.8 Å². The molecule has 2 aromatic carbocycles. The zero-order valence-electron chi connectivity index (χ0n) is 18.9. The summed E-state index contributed by atoms with van der Waals surface area (Å²) in [6.07, 6.45) is 0.588. The van der Waals surface area contributed by atoms with Crippen molar-refractivity contribution in [2.24, 2.45) is 7.05 Å². The van der Waals surface area contributed by atoms with Crippen LogP contribution in [0, 0.1) is 11.3 Å². The van der Waals surface area contributed by atoms with Gasteiger partial charge in [-0.05, 0) is 30.3 Å². The van der Waals surface area contributed by atoms with E-state index in [4.69, 9.17) is 10.00 Å². The summed E-state index contributed by atoms with van der Waals surface area (Å²) in [5.41, 5.74) is 1.95. The van der Waals surface area contributed by atoms with E-state index in [0.29, 0.717) is 42.3 Å². The predicted octanol–water partition coefficient (Wildman–Crippen LogP) is 3.08. The Labute approximate surface area is 193 Å². The standard InChI is InChI=1S/C23H27N5O4S/c1-4-28(5-2)33(30,31)19-9-10-21-20(16-19)26-22(27(21)3)11-12-23(29)25-17-7-6-8-18(15-17)32-14-13-24/h6-10,15-16H,4-5,11-12,14H2,1-3H3,(H,25,29). The summed E-state index contributed by atoms with van der Waals surface area (Å²) in [7, 11) is -1.73. The lowest BCUT2D eigenvalue weighted by Crippen LogP contribution is -2.30. The van der Waals surface area contributed by atoms with Crippen LogP contribution in [-0.2, 0) is 28.3 Å². The first-order valence-electron chi connectivity index (χ1n) is 10.6. The minimum atomic E-state index is -3.57. The van der Waals surface area contributed by atoms with Gasteiger partial charge in [-0.2, -0.15) is 9.57 Å². The maximum Gasteiger partial charge on any atom is 0.243 e. The van der Waals surface area contributed by atoms with E-state index < -0.39 is 10.0 Å². The van der Waals surface area contributed by atoms with E-state index in [1.807, 2.05) is 17.7 Å². The van der Waals surface area contributed by atoms with Gasteiger partial charge in [0.15, 0.2) is 6.61 Å². The molecular weight excluding hydrogens is 442 g/mol. The Morgan fingerprint density at radius 2 is 1.97 bits per heavy atom. The second kappa shape index (κ2) is 10.5. The molecule has 10 heteroatoms. The van der Waals surface area contributed by atoms with Crippen molar-refractivity contribution in [1.82, 2.24) is 13.9 Å². The molecule has 33 heavy (non-hydrogen) atoms. The topological polar surface area (TPSA) is 117 Å². The number of carbonyl (C=O) groups excluding carboxylic acids is 1. The van der Waals surface area contributed by atoms with Crippen LogP contribution in [0.4, 0.5) is 5.69 Å². The number of nitrogens with zero attached hydrogens (tertiary/aromatic N) is 4. The Hall–Kier alpha value is -3.42. The number of aryl methyl sites for hydroxylation is 2. The molecule has 0 radical (unpaired) electrons. The smallest absolute Gasteiger partial charge is 0.243 e. The fourth-order valence-corrected chi connectivity index (χ4v) is 5.03. The van der Waals surface area contributed by atoms with E-state index in [1.54, 1.807) is 56.3 Å². The fourth-order valence-electron chi connectivity index (χ4n) is 3.55. The van der Waals surface area contributed by atoms with Crippen LogP contribution in [0.5, 0.6) is 5.75 Å². The number of benzene rings is 2. The molecule has 3 aromatic rings. The van der Waals surface area contributed by atoms with Crippen molar-refractivity contribution >= 4 is 32.7 Å². The van der Waals surface area contributed by atoms with Crippen molar-refractivity contribution in [2.45, 2.75) is 31.6 Å². The maximum atomic E-state index is 12.8. The van der Waals surface area contributed by atoms with E-state index in [0.717, 1.165) is 5.52 Å². The Balaban J connectivity index is 1.71. The van der Waals surface area contributed by atoms with Crippen molar-refractivity contribution in [3.05, 3.63) is 48.3 Å². The zero-order valence-corrected chi connectivity index (χ0v) is 19.7. The van der Waals surface area contributed by atoms with E-state index in [1.165, 1.54) is 4.31 Å². The highest BCUT2D eigenvalue weighted by Gasteiger charge is 2.22. The highest BCUT2D eigenvalue weighted by atomic mass is 32.2. The molecule has 0 aliphatic heterocycles. The van der Waals surface area contributed by atoms with Crippen molar-refractivity contribution in [1.29, 1.82) is 5.26 Å². The van der Waals surface area contributed by atoms with Gasteiger partial charge in [-0.1, -0.05) is 19.9 Å². The van der Waals surface area contributed by atoms with E-state index in [9.17, 15) is 13.2 Å². The number of nitriles is 1. The maximum absolute atomic E-state index is 12.8. The first kappa shape index (κ1) is 24.2. The molecule has 0 fully saturated rings. The normalized spacial score (nSPS) is 11.5. The van der Waals surface area contributed by atoms with Gasteiger partial charge in [0.1, 0.15) is 17.6 Å². The molecule has 0 aliphatic carbocycles. The van der Waals surface area contributed by atoms with Crippen LogP contribution >= 0.6 is 0 Å². The van der Waals surface area contributed by atoms with Gasteiger partial charge in [-0.3, -0.25) is 4.79 Å². The Bertz CT molecular complexity index is 1290. The van der Waals surface area contributed by atoms with Crippen molar-refractivity contribution < 1.29 is 17.9 Å². The van der Waals surface area contributed by atoms with E-state index >= 15 is 0 Å². The molecule has 0 unspecified atom stereocenters. The van der Waals surface area contributed by atoms with Gasteiger partial charge in [0, 0.05) is 44.7 Å². The average Bonchev–Trinajstić information content (AvgIpc) is 3.12. The summed E-state index contributed by atoms with van der Waals surface area (Å²) in [4.78, 5) is 17.2. The summed E-state index contributed by atoms with van der Waals surface area (Å²) in [6.45, 7) is 4.33. The van der Waals surface area contributed by atoms with Crippen LogP contribution in [0.2, 0.25) is 0 Å². The molecule has 9 nitrogen and oxygen atoms in total. The molecular formula is C23H27N5O4S. The van der Waals surface area contributed by atoms with Gasteiger partial charge in [0.05, 0.1) is 15.9 Å². The molecule has 1 heterocycles. The Morgan fingerprint density at radius 3 is 2.67 bits per heavy atom. The van der Waals surface area contributed by atoms with Gasteiger partial charge >= 0.3 is 0 Å². The average molecular weight is 470 g/mol. The van der Waals surface area contributed by atoms with Crippen LogP contribution < -0.4 is 10.1 Å². The molecule has 3 rings (SSSR count). The predicted molar refractivity (Wildman–Crippen MR) is 125 cm³/mol. The van der Waals surface area contributed by atoms with Gasteiger partial charge in [-0.25, -0.2) is 13.4 Å². The SMILES string of the molecule is CCN(CC)S(=O)(=O)c1ccc2c(c1)nc(CCC(=O)Nc1cccc(OCC#N)c1)n2C. The molecule has 174 valence electrons. The highest BCUT2D eigenvalue weighted by molar-refractivity contribution is 7.89. The number of anilines is 1. The van der Waals surface area contributed by atoms with Crippen molar-refractivity contribution in [3.63, 3.8) is 0 Å². The summed E-state index contributed by atoms with van der Waals surface area (Å²) in [5, 5.41) is 11.4. The summed E-state index contributed by atoms with van der Waals surface area (Å²) in [5.74, 6) is 0.994. The van der Waals surface area contributed by atoms with Crippen LogP contribution in [0.3, 0.4) is 0 Å². The number of amides is 1. The second-order valence-corrected chi connectivity index (χ2v) is 9.29. The van der Waals surface area contributed by atoms with E-state index in [-0.39, 0.29) is 23.8 Å². The first-order valence-corrected chi connectivity index (χ1v) is 12.1. The number of nitrogens with one attached hydrogen (secondary N) is 1. The molecule has 1 N–H and O–H groups in total. The number of aromatic nitrogens is 2.